The molecule has 7 heteroatoms. The molecule has 0 N–H and O–H groups in total. The van der Waals surface area contributed by atoms with Crippen molar-refractivity contribution in [1.29, 1.82) is 0 Å². The van der Waals surface area contributed by atoms with Crippen molar-refractivity contribution < 1.29 is 9.53 Å². The van der Waals surface area contributed by atoms with E-state index in [2.05, 4.69) is 22.0 Å². The molecule has 3 heterocycles. The number of ether oxygens (including phenoxy) is 1. The van der Waals surface area contributed by atoms with Crippen LogP contribution in [0.5, 0.6) is 0 Å². The molecule has 0 radical (unpaired) electrons. The molecule has 0 bridgehead atoms. The number of fused-ring (bicyclic) bond motifs is 2. The number of rotatable bonds is 5. The van der Waals surface area contributed by atoms with Crippen LogP contribution in [0.1, 0.15) is 56.2 Å². The molecule has 2 aromatic heterocycles. The molecular formula is C29H30ClN3O2S. The van der Waals surface area contributed by atoms with Gasteiger partial charge in [0.1, 0.15) is 6.10 Å². The molecule has 0 saturated heterocycles. The zero-order valence-corrected chi connectivity index (χ0v) is 22.8. The van der Waals surface area contributed by atoms with Gasteiger partial charge in [-0.15, -0.1) is 0 Å². The lowest BCUT2D eigenvalue weighted by atomic mass is 9.90. The van der Waals surface area contributed by atoms with Crippen LogP contribution in [0.25, 0.3) is 21.3 Å². The van der Waals surface area contributed by atoms with Crippen molar-refractivity contribution in [2.45, 2.75) is 59.3 Å². The zero-order valence-electron chi connectivity index (χ0n) is 21.3. The molecule has 1 aliphatic heterocycles. The maximum absolute atomic E-state index is 12.9. The van der Waals surface area contributed by atoms with Crippen LogP contribution < -0.4 is 4.90 Å². The van der Waals surface area contributed by atoms with Crippen molar-refractivity contribution >= 4 is 44.1 Å². The molecule has 0 unspecified atom stereocenters. The predicted octanol–water partition coefficient (Wildman–Crippen LogP) is 7.33. The number of carbonyl (C=O) groups excluding carboxylic acids is 1. The van der Waals surface area contributed by atoms with Gasteiger partial charge in [0.05, 0.1) is 28.1 Å². The number of halogens is 1. The van der Waals surface area contributed by atoms with Gasteiger partial charge in [-0.05, 0) is 82.0 Å². The lowest BCUT2D eigenvalue weighted by Crippen LogP contribution is -2.30. The second-order valence-electron chi connectivity index (χ2n) is 10.3. The molecule has 186 valence electrons. The number of Topliss-reactive ketones (excluding diaryl/α,β-unsaturated/α-hetero) is 1. The molecule has 0 amide bonds. The predicted molar refractivity (Wildman–Crippen MR) is 148 cm³/mol. The van der Waals surface area contributed by atoms with E-state index in [0.29, 0.717) is 5.02 Å². The Morgan fingerprint density at radius 2 is 1.94 bits per heavy atom. The van der Waals surface area contributed by atoms with Gasteiger partial charge in [-0.2, -0.15) is 0 Å². The van der Waals surface area contributed by atoms with Crippen LogP contribution >= 0.6 is 22.9 Å². The molecule has 0 aliphatic carbocycles. The van der Waals surface area contributed by atoms with Crippen molar-refractivity contribution in [3.8, 4) is 11.1 Å². The number of aryl methyl sites for hydroxylation is 1. The largest absolute Gasteiger partial charge is 0.360 e. The van der Waals surface area contributed by atoms with E-state index >= 15 is 0 Å². The summed E-state index contributed by atoms with van der Waals surface area (Å²) in [5.41, 5.74) is 6.71. The number of anilines is 1. The number of ketones is 1. The van der Waals surface area contributed by atoms with Crippen molar-refractivity contribution in [2.24, 2.45) is 0 Å². The Hall–Kier alpha value is -2.80. The number of hydrogen-bond donors (Lipinski definition) is 0. The summed E-state index contributed by atoms with van der Waals surface area (Å²) in [6, 6.07) is 14.0. The number of carbonyl (C=O) groups is 1. The standard InChI is InChI=1S/C29H30ClN3O2S/c1-17-15-22-27(36-28(32-22)33-14-12-19-7-6-13-31-23(19)16-33)25(20-8-10-21(30)11-9-20)24(17)26(18(2)34)35-29(3,4)5/h6-11,13,15,26H,12,14,16H2,1-5H3/t26-/m1/s1. The summed E-state index contributed by atoms with van der Waals surface area (Å²) in [6.07, 6.45) is 2.11. The summed E-state index contributed by atoms with van der Waals surface area (Å²) < 4.78 is 7.40. The van der Waals surface area contributed by atoms with E-state index in [1.54, 1.807) is 18.3 Å². The van der Waals surface area contributed by atoms with Gasteiger partial charge in [0.2, 0.25) is 0 Å². The van der Waals surface area contributed by atoms with Crippen LogP contribution in [-0.4, -0.2) is 27.9 Å². The molecule has 4 aromatic rings. The molecule has 0 fully saturated rings. The summed E-state index contributed by atoms with van der Waals surface area (Å²) >= 11 is 7.90. The molecule has 1 atom stereocenters. The maximum atomic E-state index is 12.9. The fourth-order valence-corrected chi connectivity index (χ4v) is 6.07. The van der Waals surface area contributed by atoms with E-state index in [0.717, 1.165) is 62.8 Å². The second kappa shape index (κ2) is 9.58. The van der Waals surface area contributed by atoms with Gasteiger partial charge in [0, 0.05) is 28.9 Å². The third-order valence-electron chi connectivity index (χ3n) is 6.40. The molecular weight excluding hydrogens is 490 g/mol. The average Bonchev–Trinajstić information content (AvgIpc) is 3.25. The Balaban J connectivity index is 1.69. The molecule has 0 saturated carbocycles. The highest BCUT2D eigenvalue weighted by atomic mass is 35.5. The second-order valence-corrected chi connectivity index (χ2v) is 11.7. The topological polar surface area (TPSA) is 55.3 Å². The van der Waals surface area contributed by atoms with Gasteiger partial charge in [-0.1, -0.05) is 41.1 Å². The highest BCUT2D eigenvalue weighted by Crippen LogP contribution is 2.44. The number of nitrogens with zero attached hydrogens (tertiary/aromatic N) is 3. The van der Waals surface area contributed by atoms with Crippen LogP contribution in [0.4, 0.5) is 5.13 Å². The van der Waals surface area contributed by atoms with E-state index in [4.69, 9.17) is 21.3 Å². The van der Waals surface area contributed by atoms with E-state index in [9.17, 15) is 4.79 Å². The summed E-state index contributed by atoms with van der Waals surface area (Å²) in [4.78, 5) is 24.9. The summed E-state index contributed by atoms with van der Waals surface area (Å²) in [5, 5.41) is 1.63. The Bertz CT molecular complexity index is 1440. The minimum Gasteiger partial charge on any atom is -0.360 e. The minimum atomic E-state index is -0.684. The van der Waals surface area contributed by atoms with Crippen molar-refractivity contribution in [3.63, 3.8) is 0 Å². The highest BCUT2D eigenvalue weighted by molar-refractivity contribution is 7.22. The van der Waals surface area contributed by atoms with Crippen LogP contribution in [0.3, 0.4) is 0 Å². The normalized spacial score (nSPS) is 14.7. The lowest BCUT2D eigenvalue weighted by molar-refractivity contribution is -0.138. The first kappa shape index (κ1) is 24.9. The van der Waals surface area contributed by atoms with Crippen LogP contribution in [0.2, 0.25) is 5.02 Å². The summed E-state index contributed by atoms with van der Waals surface area (Å²) in [7, 11) is 0. The highest BCUT2D eigenvalue weighted by Gasteiger charge is 2.31. The first-order chi connectivity index (χ1) is 17.1. The first-order valence-corrected chi connectivity index (χ1v) is 13.4. The fraction of sp³-hybridized carbons (Fsp3) is 0.345. The van der Waals surface area contributed by atoms with E-state index in [1.165, 1.54) is 5.56 Å². The smallest absolute Gasteiger partial charge is 0.186 e. The number of benzene rings is 2. The van der Waals surface area contributed by atoms with Gasteiger partial charge in [0.25, 0.3) is 0 Å². The van der Waals surface area contributed by atoms with Crippen LogP contribution in [0.15, 0.2) is 48.7 Å². The molecule has 1 aliphatic rings. The minimum absolute atomic E-state index is 0.0222. The Morgan fingerprint density at radius 3 is 2.64 bits per heavy atom. The Kier molecular flexibility index (Phi) is 6.62. The SMILES string of the molecule is CC(=O)[C@@H](OC(C)(C)C)c1c(C)cc2nc(N3CCc4cccnc4C3)sc2c1-c1ccc(Cl)cc1. The van der Waals surface area contributed by atoms with Crippen molar-refractivity contribution in [1.82, 2.24) is 9.97 Å². The lowest BCUT2D eigenvalue weighted by Gasteiger charge is -2.29. The third kappa shape index (κ3) is 4.90. The van der Waals surface area contributed by atoms with Gasteiger partial charge in [-0.25, -0.2) is 4.98 Å². The number of pyridine rings is 1. The molecule has 2 aromatic carbocycles. The average molecular weight is 520 g/mol. The third-order valence-corrected chi connectivity index (χ3v) is 7.80. The molecule has 5 rings (SSSR count). The van der Waals surface area contributed by atoms with E-state index < -0.39 is 11.7 Å². The van der Waals surface area contributed by atoms with Gasteiger partial charge in [0.15, 0.2) is 10.9 Å². The van der Waals surface area contributed by atoms with Gasteiger partial charge < -0.3 is 9.64 Å². The molecule has 5 nitrogen and oxygen atoms in total. The maximum Gasteiger partial charge on any atom is 0.186 e. The van der Waals surface area contributed by atoms with Gasteiger partial charge in [-0.3, -0.25) is 9.78 Å². The molecule has 36 heavy (non-hydrogen) atoms. The number of aromatic nitrogens is 2. The monoisotopic (exact) mass is 519 g/mol. The first-order valence-electron chi connectivity index (χ1n) is 12.2. The summed E-state index contributed by atoms with van der Waals surface area (Å²) in [6.45, 7) is 11.2. The van der Waals surface area contributed by atoms with Crippen LogP contribution in [-0.2, 0) is 22.5 Å². The Labute approximate surface area is 221 Å². The fourth-order valence-electron chi connectivity index (χ4n) is 4.79. The number of thiazole rings is 1. The van der Waals surface area contributed by atoms with Crippen LogP contribution in [0, 0.1) is 6.92 Å². The van der Waals surface area contributed by atoms with E-state index in [-0.39, 0.29) is 5.78 Å². The Morgan fingerprint density at radius 1 is 1.19 bits per heavy atom. The summed E-state index contributed by atoms with van der Waals surface area (Å²) in [5.74, 6) is -0.0222. The van der Waals surface area contributed by atoms with E-state index in [1.807, 2.05) is 64.2 Å². The van der Waals surface area contributed by atoms with Crippen molar-refractivity contribution in [2.75, 3.05) is 11.4 Å². The van der Waals surface area contributed by atoms with Gasteiger partial charge >= 0.3 is 0 Å². The number of hydrogen-bond acceptors (Lipinski definition) is 6. The molecule has 0 spiro atoms. The zero-order chi connectivity index (χ0) is 25.6. The quantitative estimate of drug-likeness (QED) is 0.276. The van der Waals surface area contributed by atoms with Crippen molar-refractivity contribution in [3.05, 3.63) is 76.1 Å².